The second-order valence-corrected chi connectivity index (χ2v) is 8.72. The van der Waals surface area contributed by atoms with E-state index in [2.05, 4.69) is 30.5 Å². The van der Waals surface area contributed by atoms with Crippen molar-refractivity contribution in [3.05, 3.63) is 66.0 Å². The maximum Gasteiger partial charge on any atom is 0.216 e. The highest BCUT2D eigenvalue weighted by Crippen LogP contribution is 2.29. The van der Waals surface area contributed by atoms with Gasteiger partial charge in [0.1, 0.15) is 0 Å². The third kappa shape index (κ3) is 6.12. The lowest BCUT2D eigenvalue weighted by Crippen LogP contribution is -2.32. The van der Waals surface area contributed by atoms with Gasteiger partial charge in [0.2, 0.25) is 10.0 Å². The van der Waals surface area contributed by atoms with E-state index >= 15 is 0 Å². The van der Waals surface area contributed by atoms with E-state index in [1.807, 2.05) is 42.5 Å². The predicted octanol–water partition coefficient (Wildman–Crippen LogP) is 3.68. The zero-order chi connectivity index (χ0) is 16.9. The van der Waals surface area contributed by atoms with Crippen LogP contribution in [0.4, 0.5) is 0 Å². The van der Waals surface area contributed by atoms with Crippen LogP contribution in [0.15, 0.2) is 54.9 Å². The highest BCUT2D eigenvalue weighted by atomic mass is 32.2. The summed E-state index contributed by atoms with van der Waals surface area (Å²) in [5.74, 6) is -0.0191. The van der Waals surface area contributed by atoms with Gasteiger partial charge in [-0.25, -0.2) is 13.1 Å². The number of pyridine rings is 1. The second kappa shape index (κ2) is 7.23. The van der Waals surface area contributed by atoms with Gasteiger partial charge in [-0.1, -0.05) is 57.2 Å². The van der Waals surface area contributed by atoms with Gasteiger partial charge in [0.15, 0.2) is 0 Å². The summed E-state index contributed by atoms with van der Waals surface area (Å²) in [6.07, 6.45) is 4.12. The van der Waals surface area contributed by atoms with Crippen molar-refractivity contribution in [3.63, 3.8) is 0 Å². The minimum absolute atomic E-state index is 0.00419. The van der Waals surface area contributed by atoms with Crippen molar-refractivity contribution in [1.29, 1.82) is 0 Å². The molecule has 5 heteroatoms. The van der Waals surface area contributed by atoms with Gasteiger partial charge < -0.3 is 0 Å². The van der Waals surface area contributed by atoms with Crippen LogP contribution in [0, 0.1) is 5.41 Å². The first-order valence-electron chi connectivity index (χ1n) is 7.69. The summed E-state index contributed by atoms with van der Waals surface area (Å²) in [5, 5.41) is 0. The fourth-order valence-corrected chi connectivity index (χ4v) is 3.84. The fourth-order valence-electron chi connectivity index (χ4n) is 2.47. The Morgan fingerprint density at radius 2 is 1.78 bits per heavy atom. The smallest absolute Gasteiger partial charge is 0.216 e. The number of hydrogen-bond acceptors (Lipinski definition) is 3. The van der Waals surface area contributed by atoms with E-state index in [9.17, 15) is 8.42 Å². The highest BCUT2D eigenvalue weighted by molar-refractivity contribution is 7.88. The molecule has 0 bridgehead atoms. The first-order valence-corrected chi connectivity index (χ1v) is 9.34. The number of sulfonamides is 1. The van der Waals surface area contributed by atoms with Crippen LogP contribution >= 0.6 is 0 Å². The van der Waals surface area contributed by atoms with Crippen molar-refractivity contribution in [2.75, 3.05) is 0 Å². The molecule has 2 rings (SSSR count). The average Bonchev–Trinajstić information content (AvgIpc) is 2.46. The second-order valence-electron chi connectivity index (χ2n) is 6.97. The van der Waals surface area contributed by atoms with E-state index < -0.39 is 10.0 Å². The Hall–Kier alpha value is -1.72. The minimum Gasteiger partial charge on any atom is -0.264 e. The van der Waals surface area contributed by atoms with Crippen LogP contribution in [-0.4, -0.2) is 13.4 Å². The normalized spacial score (nSPS) is 13.7. The molecule has 2 aromatic rings. The van der Waals surface area contributed by atoms with E-state index in [1.165, 1.54) is 0 Å². The zero-order valence-corrected chi connectivity index (χ0v) is 14.7. The fraction of sp³-hybridized carbons (Fsp3) is 0.389. The van der Waals surface area contributed by atoms with Crippen molar-refractivity contribution in [3.8, 4) is 0 Å². The summed E-state index contributed by atoms with van der Waals surface area (Å²) in [6, 6.07) is 12.7. The van der Waals surface area contributed by atoms with Crippen molar-refractivity contribution >= 4 is 10.0 Å². The van der Waals surface area contributed by atoms with Crippen LogP contribution in [0.1, 0.15) is 44.4 Å². The number of rotatable bonds is 6. The maximum atomic E-state index is 12.5. The summed E-state index contributed by atoms with van der Waals surface area (Å²) >= 11 is 0. The van der Waals surface area contributed by atoms with Crippen LogP contribution in [0.3, 0.4) is 0 Å². The van der Waals surface area contributed by atoms with Gasteiger partial charge >= 0.3 is 0 Å². The predicted molar refractivity (Wildman–Crippen MR) is 93.3 cm³/mol. The molecule has 0 aliphatic carbocycles. The third-order valence-electron chi connectivity index (χ3n) is 3.42. The molecule has 124 valence electrons. The van der Waals surface area contributed by atoms with E-state index in [0.717, 1.165) is 11.1 Å². The molecule has 23 heavy (non-hydrogen) atoms. The molecule has 0 aliphatic heterocycles. The maximum absolute atomic E-state index is 12.5. The van der Waals surface area contributed by atoms with Gasteiger partial charge in [0.25, 0.3) is 0 Å². The molecule has 0 saturated heterocycles. The molecule has 4 nitrogen and oxygen atoms in total. The molecule has 0 fully saturated rings. The molecular weight excluding hydrogens is 308 g/mol. The topological polar surface area (TPSA) is 59.1 Å². The Labute approximate surface area is 139 Å². The molecule has 0 saturated carbocycles. The molecule has 1 N–H and O–H groups in total. The van der Waals surface area contributed by atoms with Crippen LogP contribution in [0.2, 0.25) is 0 Å². The summed E-state index contributed by atoms with van der Waals surface area (Å²) in [4.78, 5) is 4.11. The third-order valence-corrected chi connectivity index (χ3v) is 4.78. The Bertz CT molecular complexity index is 708. The Balaban J connectivity index is 2.19. The monoisotopic (exact) mass is 332 g/mol. The molecule has 1 aromatic carbocycles. The SMILES string of the molecule is CC(C)(C)CC(NS(=O)(=O)Cc1ccccc1)c1cccnc1. The summed E-state index contributed by atoms with van der Waals surface area (Å²) < 4.78 is 27.9. The Morgan fingerprint density at radius 3 is 2.35 bits per heavy atom. The lowest BCUT2D eigenvalue weighted by molar-refractivity contribution is 0.330. The number of nitrogens with zero attached hydrogens (tertiary/aromatic N) is 1. The van der Waals surface area contributed by atoms with Crippen LogP contribution in [0.25, 0.3) is 0 Å². The Kier molecular flexibility index (Phi) is 5.55. The molecular formula is C18H24N2O2S. The molecule has 1 unspecified atom stereocenters. The van der Waals surface area contributed by atoms with E-state index in [-0.39, 0.29) is 17.2 Å². The van der Waals surface area contributed by atoms with Crippen LogP contribution in [-0.2, 0) is 15.8 Å². The lowest BCUT2D eigenvalue weighted by atomic mass is 9.86. The summed E-state index contributed by atoms with van der Waals surface area (Å²) in [5.41, 5.74) is 1.66. The standard InChI is InChI=1S/C18H24N2O2S/c1-18(2,3)12-17(16-10-7-11-19-13-16)20-23(21,22)14-15-8-5-4-6-9-15/h4-11,13,17,20H,12,14H2,1-3H3. The van der Waals surface area contributed by atoms with E-state index in [1.54, 1.807) is 12.4 Å². The van der Waals surface area contributed by atoms with Gasteiger partial charge in [0.05, 0.1) is 5.75 Å². The first kappa shape index (κ1) is 17.6. The largest absolute Gasteiger partial charge is 0.264 e. The molecule has 1 heterocycles. The first-order chi connectivity index (χ1) is 10.8. The quantitative estimate of drug-likeness (QED) is 0.878. The number of nitrogens with one attached hydrogen (secondary N) is 1. The minimum atomic E-state index is -3.43. The zero-order valence-electron chi connectivity index (χ0n) is 13.9. The molecule has 0 amide bonds. The van der Waals surface area contributed by atoms with Crippen LogP contribution in [0.5, 0.6) is 0 Å². The number of aromatic nitrogens is 1. The van der Waals surface area contributed by atoms with Gasteiger partial charge in [-0.2, -0.15) is 0 Å². The molecule has 1 atom stereocenters. The van der Waals surface area contributed by atoms with Crippen molar-refractivity contribution < 1.29 is 8.42 Å². The van der Waals surface area contributed by atoms with Gasteiger partial charge in [-0.15, -0.1) is 0 Å². The van der Waals surface area contributed by atoms with Gasteiger partial charge in [-0.3, -0.25) is 4.98 Å². The van der Waals surface area contributed by atoms with Crippen molar-refractivity contribution in [1.82, 2.24) is 9.71 Å². The molecule has 0 spiro atoms. The van der Waals surface area contributed by atoms with Crippen molar-refractivity contribution in [2.45, 2.75) is 39.0 Å². The lowest BCUT2D eigenvalue weighted by Gasteiger charge is -2.27. The Morgan fingerprint density at radius 1 is 1.09 bits per heavy atom. The van der Waals surface area contributed by atoms with Gasteiger partial charge in [0, 0.05) is 18.4 Å². The summed E-state index contributed by atoms with van der Waals surface area (Å²) in [6.45, 7) is 6.30. The molecule has 0 radical (unpaired) electrons. The number of hydrogen-bond donors (Lipinski definition) is 1. The average molecular weight is 332 g/mol. The highest BCUT2D eigenvalue weighted by Gasteiger charge is 2.25. The van der Waals surface area contributed by atoms with Gasteiger partial charge in [-0.05, 0) is 29.0 Å². The summed E-state index contributed by atoms with van der Waals surface area (Å²) in [7, 11) is -3.43. The van der Waals surface area contributed by atoms with E-state index in [0.29, 0.717) is 6.42 Å². The van der Waals surface area contributed by atoms with Crippen molar-refractivity contribution in [2.24, 2.45) is 5.41 Å². The molecule has 0 aliphatic rings. The van der Waals surface area contributed by atoms with E-state index in [4.69, 9.17) is 0 Å². The molecule has 1 aromatic heterocycles. The number of benzene rings is 1. The van der Waals surface area contributed by atoms with Crippen LogP contribution < -0.4 is 4.72 Å².